The molecule has 1 aromatic rings. The fourth-order valence-corrected chi connectivity index (χ4v) is 3.50. The third-order valence-corrected chi connectivity index (χ3v) is 5.06. The summed E-state index contributed by atoms with van der Waals surface area (Å²) in [5.74, 6) is -0.123. The number of hydrogen-bond donors (Lipinski definition) is 2. The topological polar surface area (TPSA) is 88.4 Å². The number of carbonyl (C=O) groups is 1. The summed E-state index contributed by atoms with van der Waals surface area (Å²) in [5.41, 5.74) is -0.000363. The summed E-state index contributed by atoms with van der Waals surface area (Å²) in [5, 5.41) is 9.11. The predicted octanol–water partition coefficient (Wildman–Crippen LogP) is 2.02. The number of unbranched alkanes of at least 4 members (excludes halogenated alkanes) is 1. The van der Waals surface area contributed by atoms with Crippen molar-refractivity contribution in [2.75, 3.05) is 18.6 Å². The van der Waals surface area contributed by atoms with E-state index in [4.69, 9.17) is 5.11 Å². The van der Waals surface area contributed by atoms with E-state index in [1.54, 1.807) is 11.8 Å². The van der Waals surface area contributed by atoms with E-state index < -0.39 is 16.0 Å². The first-order chi connectivity index (χ1) is 9.92. The van der Waals surface area contributed by atoms with Gasteiger partial charge in [-0.15, -0.1) is 0 Å². The zero-order valence-corrected chi connectivity index (χ0v) is 14.0. The van der Waals surface area contributed by atoms with Crippen molar-refractivity contribution in [2.45, 2.75) is 37.6 Å². The molecule has 0 radical (unpaired) electrons. The summed E-state index contributed by atoms with van der Waals surface area (Å²) in [6, 6.07) is 1.21. The lowest BCUT2D eigenvalue weighted by atomic mass is 10.3. The van der Waals surface area contributed by atoms with Crippen molar-refractivity contribution in [1.29, 1.82) is 0 Å². The quantitative estimate of drug-likeness (QED) is 0.639. The maximum absolute atomic E-state index is 12.1. The number of nitrogens with zero attached hydrogens (tertiary/aromatic N) is 1. The van der Waals surface area contributed by atoms with Crippen molar-refractivity contribution in [3.05, 3.63) is 18.0 Å². The number of carboxylic acids is 1. The number of nitrogens with one attached hydrogen (secondary N) is 1. The molecule has 0 saturated carbocycles. The van der Waals surface area contributed by atoms with Crippen LogP contribution in [-0.4, -0.2) is 42.6 Å². The molecule has 0 bridgehead atoms. The van der Waals surface area contributed by atoms with Gasteiger partial charge in [-0.25, -0.2) is 17.9 Å². The summed E-state index contributed by atoms with van der Waals surface area (Å²) < 4.78 is 28.2. The van der Waals surface area contributed by atoms with E-state index in [-0.39, 0.29) is 10.6 Å². The fraction of sp³-hybridized carbons (Fsp3) is 0.615. The third kappa shape index (κ3) is 5.37. The highest BCUT2D eigenvalue weighted by Crippen LogP contribution is 2.15. The van der Waals surface area contributed by atoms with Crippen LogP contribution in [0.4, 0.5) is 0 Å². The van der Waals surface area contributed by atoms with Gasteiger partial charge in [0.15, 0.2) is 0 Å². The van der Waals surface area contributed by atoms with Crippen LogP contribution in [-0.2, 0) is 16.6 Å². The number of rotatable bonds is 10. The van der Waals surface area contributed by atoms with Crippen molar-refractivity contribution in [3.8, 4) is 0 Å². The number of thioether (sulfide) groups is 1. The average molecular weight is 334 g/mol. The Morgan fingerprint density at radius 2 is 2.14 bits per heavy atom. The molecule has 120 valence electrons. The summed E-state index contributed by atoms with van der Waals surface area (Å²) in [7, 11) is -3.64. The maximum atomic E-state index is 12.1. The molecule has 0 spiro atoms. The Kier molecular flexibility index (Phi) is 7.27. The highest BCUT2D eigenvalue weighted by atomic mass is 32.2. The molecule has 0 unspecified atom stereocenters. The van der Waals surface area contributed by atoms with Crippen molar-refractivity contribution in [3.63, 3.8) is 0 Å². The second-order valence-electron chi connectivity index (χ2n) is 4.66. The van der Waals surface area contributed by atoms with Gasteiger partial charge in [0.25, 0.3) is 0 Å². The lowest BCUT2D eigenvalue weighted by Crippen LogP contribution is -2.24. The van der Waals surface area contributed by atoms with E-state index in [1.807, 2.05) is 13.2 Å². The maximum Gasteiger partial charge on any atom is 0.352 e. The Labute approximate surface area is 130 Å². The highest BCUT2D eigenvalue weighted by molar-refractivity contribution is 7.98. The Balaban J connectivity index is 2.78. The molecule has 0 amide bonds. The number of aryl methyl sites for hydroxylation is 1. The molecule has 0 aliphatic carbocycles. The van der Waals surface area contributed by atoms with Gasteiger partial charge in [-0.05, 0) is 37.3 Å². The number of sulfonamides is 1. The number of aromatic carboxylic acids is 1. The molecule has 1 rings (SSSR count). The van der Waals surface area contributed by atoms with E-state index in [9.17, 15) is 13.2 Å². The first-order valence-electron chi connectivity index (χ1n) is 6.84. The SMILES string of the molecule is CCCn1cc(S(=O)(=O)NCCCCSC)cc1C(=O)O. The molecule has 1 aromatic heterocycles. The van der Waals surface area contributed by atoms with Crippen LogP contribution in [0.25, 0.3) is 0 Å². The van der Waals surface area contributed by atoms with E-state index in [2.05, 4.69) is 4.72 Å². The van der Waals surface area contributed by atoms with Crippen LogP contribution in [0.5, 0.6) is 0 Å². The zero-order chi connectivity index (χ0) is 15.9. The van der Waals surface area contributed by atoms with Crippen LogP contribution < -0.4 is 4.72 Å². The molecular weight excluding hydrogens is 312 g/mol. The summed E-state index contributed by atoms with van der Waals surface area (Å²) in [6.07, 6.45) is 5.84. The van der Waals surface area contributed by atoms with Gasteiger partial charge in [0, 0.05) is 19.3 Å². The largest absolute Gasteiger partial charge is 0.477 e. The molecule has 1 heterocycles. The van der Waals surface area contributed by atoms with Crippen molar-refractivity contribution < 1.29 is 18.3 Å². The summed E-state index contributed by atoms with van der Waals surface area (Å²) in [6.45, 7) is 2.75. The Bertz CT molecular complexity index is 567. The second-order valence-corrected chi connectivity index (χ2v) is 7.41. The Morgan fingerprint density at radius 3 is 2.71 bits per heavy atom. The van der Waals surface area contributed by atoms with Gasteiger partial charge in [0.1, 0.15) is 10.6 Å². The van der Waals surface area contributed by atoms with E-state index in [1.165, 1.54) is 16.8 Å². The van der Waals surface area contributed by atoms with Gasteiger partial charge in [-0.2, -0.15) is 11.8 Å². The molecule has 0 saturated heterocycles. The average Bonchev–Trinajstić information content (AvgIpc) is 2.84. The minimum Gasteiger partial charge on any atom is -0.477 e. The third-order valence-electron chi connectivity index (χ3n) is 2.93. The molecule has 8 heteroatoms. The lowest BCUT2D eigenvalue weighted by molar-refractivity contribution is 0.0685. The molecule has 2 N–H and O–H groups in total. The molecule has 0 aliphatic heterocycles. The van der Waals surface area contributed by atoms with Crippen LogP contribution in [0, 0.1) is 0 Å². The van der Waals surface area contributed by atoms with Crippen molar-refractivity contribution >= 4 is 27.8 Å². The minimum atomic E-state index is -3.64. The smallest absolute Gasteiger partial charge is 0.352 e. The monoisotopic (exact) mass is 334 g/mol. The van der Waals surface area contributed by atoms with Gasteiger partial charge in [-0.1, -0.05) is 6.92 Å². The van der Waals surface area contributed by atoms with Gasteiger partial charge in [0.2, 0.25) is 10.0 Å². The van der Waals surface area contributed by atoms with Crippen molar-refractivity contribution in [1.82, 2.24) is 9.29 Å². The van der Waals surface area contributed by atoms with Crippen LogP contribution >= 0.6 is 11.8 Å². The molecule has 0 atom stereocenters. The lowest BCUT2D eigenvalue weighted by Gasteiger charge is -2.04. The Hall–Kier alpha value is -0.990. The minimum absolute atomic E-state index is 0.000363. The van der Waals surface area contributed by atoms with Crippen LogP contribution in [0.15, 0.2) is 17.2 Å². The second kappa shape index (κ2) is 8.45. The van der Waals surface area contributed by atoms with Crippen LogP contribution in [0.1, 0.15) is 36.7 Å². The van der Waals surface area contributed by atoms with E-state index >= 15 is 0 Å². The van der Waals surface area contributed by atoms with E-state index in [0.717, 1.165) is 25.0 Å². The van der Waals surface area contributed by atoms with Gasteiger partial charge in [0.05, 0.1) is 0 Å². The fourth-order valence-electron chi connectivity index (χ4n) is 1.90. The van der Waals surface area contributed by atoms with Gasteiger partial charge >= 0.3 is 5.97 Å². The molecule has 0 aromatic carbocycles. The van der Waals surface area contributed by atoms with Crippen LogP contribution in [0.2, 0.25) is 0 Å². The normalized spacial score (nSPS) is 11.7. The van der Waals surface area contributed by atoms with Gasteiger partial charge in [-0.3, -0.25) is 0 Å². The number of hydrogen-bond acceptors (Lipinski definition) is 4. The van der Waals surface area contributed by atoms with Gasteiger partial charge < -0.3 is 9.67 Å². The molecule has 21 heavy (non-hydrogen) atoms. The predicted molar refractivity (Wildman–Crippen MR) is 84.5 cm³/mol. The summed E-state index contributed by atoms with van der Waals surface area (Å²) in [4.78, 5) is 11.1. The standard InChI is InChI=1S/C13H22N2O4S2/c1-3-7-15-10-11(9-12(15)13(16)17)21(18,19)14-6-4-5-8-20-2/h9-10,14H,3-8H2,1-2H3,(H,16,17). The first kappa shape index (κ1) is 18.1. The van der Waals surface area contributed by atoms with E-state index in [0.29, 0.717) is 13.1 Å². The molecule has 0 aliphatic rings. The Morgan fingerprint density at radius 1 is 1.43 bits per heavy atom. The number of aromatic nitrogens is 1. The van der Waals surface area contributed by atoms with Crippen LogP contribution in [0.3, 0.4) is 0 Å². The first-order valence-corrected chi connectivity index (χ1v) is 9.72. The number of carboxylic acid groups (broad SMARTS) is 1. The molecule has 6 nitrogen and oxygen atoms in total. The van der Waals surface area contributed by atoms with Crippen molar-refractivity contribution in [2.24, 2.45) is 0 Å². The molecular formula is C13H22N2O4S2. The highest BCUT2D eigenvalue weighted by Gasteiger charge is 2.20. The zero-order valence-electron chi connectivity index (χ0n) is 12.3. The summed E-state index contributed by atoms with van der Waals surface area (Å²) >= 11 is 1.72. The molecule has 0 fully saturated rings.